The van der Waals surface area contributed by atoms with Crippen molar-refractivity contribution in [2.75, 3.05) is 26.3 Å². The lowest BCUT2D eigenvalue weighted by Crippen LogP contribution is -2.46. The van der Waals surface area contributed by atoms with Gasteiger partial charge in [0.1, 0.15) is 5.37 Å². The van der Waals surface area contributed by atoms with E-state index in [1.807, 2.05) is 24.0 Å². The zero-order valence-electron chi connectivity index (χ0n) is 15.1. The van der Waals surface area contributed by atoms with Crippen molar-refractivity contribution >= 4 is 32.8 Å². The van der Waals surface area contributed by atoms with Gasteiger partial charge in [-0.25, -0.2) is 8.42 Å². The van der Waals surface area contributed by atoms with Crippen LogP contribution in [0, 0.1) is 0 Å². The van der Waals surface area contributed by atoms with Gasteiger partial charge < -0.3 is 10.5 Å². The second kappa shape index (κ2) is 8.43. The average Bonchev–Trinajstić information content (AvgIpc) is 3.08. The molecule has 5 nitrogen and oxygen atoms in total. The van der Waals surface area contributed by atoms with E-state index >= 15 is 0 Å². The third-order valence-corrected chi connectivity index (χ3v) is 7.96. The number of nitrogens with zero attached hydrogens (tertiary/aromatic N) is 1. The summed E-state index contributed by atoms with van der Waals surface area (Å²) in [6, 6.07) is 8.67. The number of morpholine rings is 1. The van der Waals surface area contributed by atoms with Gasteiger partial charge in [0.15, 0.2) is 9.84 Å². The van der Waals surface area contributed by atoms with Gasteiger partial charge in [-0.05, 0) is 36.8 Å². The molecule has 2 aromatic rings. The first-order chi connectivity index (χ1) is 12.8. The van der Waals surface area contributed by atoms with Crippen LogP contribution in [0.25, 0.3) is 10.4 Å². The van der Waals surface area contributed by atoms with E-state index in [4.69, 9.17) is 22.1 Å². The lowest BCUT2D eigenvalue weighted by atomic mass is 10.0. The van der Waals surface area contributed by atoms with Crippen molar-refractivity contribution in [2.24, 2.45) is 5.73 Å². The predicted molar refractivity (Wildman–Crippen MR) is 111 cm³/mol. The Bertz CT molecular complexity index is 919. The Balaban J connectivity index is 2.12. The van der Waals surface area contributed by atoms with Gasteiger partial charge in [-0.15, -0.1) is 17.9 Å². The van der Waals surface area contributed by atoms with Crippen LogP contribution in [-0.4, -0.2) is 45.0 Å². The lowest BCUT2D eigenvalue weighted by molar-refractivity contribution is 0.0374. The topological polar surface area (TPSA) is 72.6 Å². The number of hydrogen-bond donors (Lipinski definition) is 1. The van der Waals surface area contributed by atoms with E-state index in [-0.39, 0.29) is 10.9 Å². The molecule has 146 valence electrons. The van der Waals surface area contributed by atoms with Gasteiger partial charge in [0.05, 0.1) is 22.4 Å². The van der Waals surface area contributed by atoms with Gasteiger partial charge >= 0.3 is 0 Å². The molecule has 2 unspecified atom stereocenters. The van der Waals surface area contributed by atoms with E-state index in [1.54, 1.807) is 18.2 Å². The van der Waals surface area contributed by atoms with E-state index in [9.17, 15) is 8.42 Å². The van der Waals surface area contributed by atoms with Crippen LogP contribution in [0.3, 0.4) is 0 Å². The summed E-state index contributed by atoms with van der Waals surface area (Å²) in [5, 5.41) is -0.809. The van der Waals surface area contributed by atoms with Gasteiger partial charge in [-0.2, -0.15) is 0 Å². The van der Waals surface area contributed by atoms with E-state index in [0.717, 1.165) is 10.4 Å². The van der Waals surface area contributed by atoms with Crippen LogP contribution in [0.4, 0.5) is 0 Å². The molecule has 2 heterocycles. The molecule has 2 atom stereocenters. The molecule has 1 aromatic heterocycles. The average molecular weight is 427 g/mol. The summed E-state index contributed by atoms with van der Waals surface area (Å²) in [6.45, 7) is 7.77. The molecule has 1 saturated heterocycles. The van der Waals surface area contributed by atoms with Gasteiger partial charge in [-0.3, -0.25) is 4.90 Å². The molecular weight excluding hydrogens is 404 g/mol. The van der Waals surface area contributed by atoms with Gasteiger partial charge in [0.2, 0.25) is 0 Å². The molecule has 0 aliphatic carbocycles. The summed E-state index contributed by atoms with van der Waals surface area (Å²) in [7, 11) is -3.69. The zero-order chi connectivity index (χ0) is 19.6. The van der Waals surface area contributed by atoms with Crippen molar-refractivity contribution < 1.29 is 13.2 Å². The molecule has 1 fully saturated rings. The van der Waals surface area contributed by atoms with Crippen LogP contribution in [0.2, 0.25) is 4.34 Å². The van der Waals surface area contributed by atoms with Crippen LogP contribution in [0.5, 0.6) is 0 Å². The maximum atomic E-state index is 13.5. The number of benzene rings is 1. The molecule has 0 radical (unpaired) electrons. The Morgan fingerprint density at radius 3 is 2.56 bits per heavy atom. The third-order valence-electron chi connectivity index (χ3n) is 4.60. The SMILES string of the molecule is C=CC(N1CCOCC1)S(=O)(=O)c1ccc(C(C)N)cc1-c1ccc(Cl)s1. The number of sulfone groups is 1. The van der Waals surface area contributed by atoms with E-state index in [0.29, 0.717) is 36.2 Å². The number of ether oxygens (including phenoxy) is 1. The summed E-state index contributed by atoms with van der Waals surface area (Å²) in [4.78, 5) is 2.95. The van der Waals surface area contributed by atoms with Crippen LogP contribution in [0.15, 0.2) is 47.9 Å². The normalized spacial score (nSPS) is 18.2. The molecular formula is C19H23ClN2O3S2. The van der Waals surface area contributed by atoms with Gasteiger partial charge in [0, 0.05) is 29.6 Å². The second-order valence-corrected chi connectivity index (χ2v) is 10.2. The molecule has 0 saturated carbocycles. The Kier molecular flexibility index (Phi) is 6.40. The highest BCUT2D eigenvalue weighted by atomic mass is 35.5. The van der Waals surface area contributed by atoms with E-state index < -0.39 is 15.2 Å². The van der Waals surface area contributed by atoms with Gasteiger partial charge in [-0.1, -0.05) is 23.7 Å². The van der Waals surface area contributed by atoms with Gasteiger partial charge in [0.25, 0.3) is 0 Å². The van der Waals surface area contributed by atoms with Crippen molar-refractivity contribution in [2.45, 2.75) is 23.2 Å². The first-order valence-corrected chi connectivity index (χ1v) is 11.4. The number of halogens is 1. The third kappa shape index (κ3) is 4.29. The Morgan fingerprint density at radius 1 is 1.30 bits per heavy atom. The standard InChI is InChI=1S/C19H23ClN2O3S2/c1-3-19(22-8-10-25-11-9-22)27(23,24)17-6-4-14(13(2)21)12-15(17)16-5-7-18(20)26-16/h3-7,12-13,19H,1,8-11,21H2,2H3. The van der Waals surface area contributed by atoms with Crippen molar-refractivity contribution in [1.29, 1.82) is 0 Å². The Morgan fingerprint density at radius 2 is 2.00 bits per heavy atom. The second-order valence-electron chi connectivity index (χ2n) is 6.47. The molecule has 1 aromatic carbocycles. The lowest BCUT2D eigenvalue weighted by Gasteiger charge is -2.32. The van der Waals surface area contributed by atoms with Crippen molar-refractivity contribution in [3.63, 3.8) is 0 Å². The molecule has 1 aliphatic rings. The maximum absolute atomic E-state index is 13.5. The molecule has 2 N–H and O–H groups in total. The summed E-state index contributed by atoms with van der Waals surface area (Å²) >= 11 is 7.44. The molecule has 8 heteroatoms. The Labute approximate surface area is 169 Å². The fraction of sp³-hybridized carbons (Fsp3) is 0.368. The minimum atomic E-state index is -3.69. The highest BCUT2D eigenvalue weighted by molar-refractivity contribution is 7.92. The molecule has 3 rings (SSSR count). The quantitative estimate of drug-likeness (QED) is 0.713. The molecule has 0 amide bonds. The van der Waals surface area contributed by atoms with Crippen molar-refractivity contribution in [1.82, 2.24) is 4.90 Å². The smallest absolute Gasteiger partial charge is 0.198 e. The van der Waals surface area contributed by atoms with Crippen LogP contribution < -0.4 is 5.73 Å². The summed E-state index contributed by atoms with van der Waals surface area (Å²) < 4.78 is 33.0. The number of nitrogens with two attached hydrogens (primary N) is 1. The minimum absolute atomic E-state index is 0.203. The number of thiophene rings is 1. The van der Waals surface area contributed by atoms with E-state index in [2.05, 4.69) is 6.58 Å². The Hall–Kier alpha value is -1.22. The van der Waals surface area contributed by atoms with Crippen LogP contribution in [0.1, 0.15) is 18.5 Å². The monoisotopic (exact) mass is 426 g/mol. The predicted octanol–water partition coefficient (Wildman–Crippen LogP) is 3.71. The highest BCUT2D eigenvalue weighted by Crippen LogP contribution is 2.38. The van der Waals surface area contributed by atoms with E-state index in [1.165, 1.54) is 17.4 Å². The molecule has 27 heavy (non-hydrogen) atoms. The number of rotatable bonds is 6. The summed E-state index contributed by atoms with van der Waals surface area (Å²) in [5.74, 6) is 0. The fourth-order valence-electron chi connectivity index (χ4n) is 3.16. The first kappa shape index (κ1) is 20.5. The van der Waals surface area contributed by atoms with Crippen molar-refractivity contribution in [3.05, 3.63) is 52.9 Å². The van der Waals surface area contributed by atoms with Crippen molar-refractivity contribution in [3.8, 4) is 10.4 Å². The molecule has 0 spiro atoms. The zero-order valence-corrected chi connectivity index (χ0v) is 17.5. The largest absolute Gasteiger partial charge is 0.379 e. The number of hydrogen-bond acceptors (Lipinski definition) is 6. The summed E-state index contributed by atoms with van der Waals surface area (Å²) in [6.07, 6.45) is 1.49. The highest BCUT2D eigenvalue weighted by Gasteiger charge is 2.33. The summed E-state index contributed by atoms with van der Waals surface area (Å²) in [5.41, 5.74) is 7.51. The molecule has 0 bridgehead atoms. The minimum Gasteiger partial charge on any atom is -0.379 e. The van der Waals surface area contributed by atoms with Crippen LogP contribution >= 0.6 is 22.9 Å². The molecule has 1 aliphatic heterocycles. The van der Waals surface area contributed by atoms with Crippen LogP contribution in [-0.2, 0) is 14.6 Å². The maximum Gasteiger partial charge on any atom is 0.198 e. The first-order valence-electron chi connectivity index (χ1n) is 8.68. The fourth-order valence-corrected chi connectivity index (χ4v) is 6.15.